The third-order valence-electron chi connectivity index (χ3n) is 1.88. The van der Waals surface area contributed by atoms with Gasteiger partial charge in [-0.3, -0.25) is 0 Å². The Morgan fingerprint density at radius 1 is 1.46 bits per heavy atom. The van der Waals surface area contributed by atoms with Crippen molar-refractivity contribution in [1.82, 2.24) is 14.6 Å². The summed E-state index contributed by atoms with van der Waals surface area (Å²) in [4.78, 5) is 4.19. The lowest BCUT2D eigenvalue weighted by Gasteiger charge is -1.90. The second-order valence-corrected chi connectivity index (χ2v) is 3.33. The van der Waals surface area contributed by atoms with Gasteiger partial charge >= 0.3 is 0 Å². The first-order chi connectivity index (χ1) is 6.40. The molecule has 68 valence electrons. The fourth-order valence-corrected chi connectivity index (χ4v) is 1.42. The van der Waals surface area contributed by atoms with Gasteiger partial charge in [-0.05, 0) is 24.7 Å². The highest BCUT2D eigenvalue weighted by Gasteiger charge is 2.00. The topological polar surface area (TPSA) is 30.2 Å². The molecule has 0 unspecified atom stereocenters. The highest BCUT2D eigenvalue weighted by molar-refractivity contribution is 7.80. The maximum Gasteiger partial charge on any atom is 0.155 e. The Labute approximate surface area is 82.2 Å². The molecule has 0 fully saturated rings. The number of hydrogen-bond acceptors (Lipinski definition) is 3. The minimum Gasteiger partial charge on any atom is -0.237 e. The van der Waals surface area contributed by atoms with Crippen molar-refractivity contribution in [3.8, 4) is 0 Å². The van der Waals surface area contributed by atoms with E-state index in [0.717, 1.165) is 29.9 Å². The lowest BCUT2D eigenvalue weighted by Crippen LogP contribution is -1.90. The largest absolute Gasteiger partial charge is 0.237 e. The van der Waals surface area contributed by atoms with E-state index in [0.29, 0.717) is 0 Å². The molecule has 3 nitrogen and oxygen atoms in total. The summed E-state index contributed by atoms with van der Waals surface area (Å²) in [6.07, 6.45) is 5.73. The molecule has 0 aliphatic carbocycles. The summed E-state index contributed by atoms with van der Waals surface area (Å²) in [6, 6.07) is 3.89. The van der Waals surface area contributed by atoms with Crippen molar-refractivity contribution in [2.24, 2.45) is 0 Å². The summed E-state index contributed by atoms with van der Waals surface area (Å²) < 4.78 is 1.80. The van der Waals surface area contributed by atoms with E-state index in [9.17, 15) is 0 Å². The fourth-order valence-electron chi connectivity index (χ4n) is 1.26. The van der Waals surface area contributed by atoms with Crippen molar-refractivity contribution in [3.05, 3.63) is 30.2 Å². The Kier molecular flexibility index (Phi) is 2.49. The normalized spacial score (nSPS) is 10.8. The van der Waals surface area contributed by atoms with Crippen LogP contribution < -0.4 is 0 Å². The van der Waals surface area contributed by atoms with Crippen molar-refractivity contribution >= 4 is 18.3 Å². The average molecular weight is 193 g/mol. The number of fused-ring (bicyclic) bond motifs is 1. The Hall–Kier alpha value is -1.03. The van der Waals surface area contributed by atoms with E-state index in [-0.39, 0.29) is 0 Å². The summed E-state index contributed by atoms with van der Waals surface area (Å²) in [5.74, 6) is 0.904. The molecule has 2 aromatic rings. The number of thiol groups is 1. The molecule has 0 aromatic carbocycles. The van der Waals surface area contributed by atoms with Crippen LogP contribution in [0.3, 0.4) is 0 Å². The van der Waals surface area contributed by atoms with Crippen molar-refractivity contribution in [1.29, 1.82) is 0 Å². The zero-order valence-corrected chi connectivity index (χ0v) is 8.11. The number of nitrogens with zero attached hydrogens (tertiary/aromatic N) is 3. The van der Waals surface area contributed by atoms with Crippen molar-refractivity contribution in [2.45, 2.75) is 12.8 Å². The molecule has 0 N–H and O–H groups in total. The molecule has 0 saturated heterocycles. The van der Waals surface area contributed by atoms with E-state index in [2.05, 4.69) is 22.7 Å². The average Bonchev–Trinajstić information content (AvgIpc) is 2.57. The fraction of sp³-hybridized carbons (Fsp3) is 0.333. The van der Waals surface area contributed by atoms with Crippen LogP contribution in [0.2, 0.25) is 0 Å². The smallest absolute Gasteiger partial charge is 0.155 e. The first-order valence-corrected chi connectivity index (χ1v) is 4.93. The molecule has 0 bridgehead atoms. The SMILES string of the molecule is SCCCc1cc2ncccn2n1. The standard InChI is InChI=1S/C9H11N3S/c13-6-1-3-8-7-9-10-4-2-5-12(9)11-8/h2,4-5,7,13H,1,3,6H2. The van der Waals surface area contributed by atoms with Crippen LogP contribution in [0.4, 0.5) is 0 Å². The van der Waals surface area contributed by atoms with Crippen LogP contribution in [0.5, 0.6) is 0 Å². The molecule has 0 aliphatic rings. The first-order valence-electron chi connectivity index (χ1n) is 4.30. The molecule has 2 heterocycles. The van der Waals surface area contributed by atoms with Crippen LogP contribution >= 0.6 is 12.6 Å². The molecule has 13 heavy (non-hydrogen) atoms. The summed E-state index contributed by atoms with van der Waals surface area (Å²) >= 11 is 4.16. The first kappa shape index (κ1) is 8.56. The minimum atomic E-state index is 0.904. The van der Waals surface area contributed by atoms with Gasteiger partial charge in [0.05, 0.1) is 5.69 Å². The third kappa shape index (κ3) is 1.83. The van der Waals surface area contributed by atoms with Gasteiger partial charge < -0.3 is 0 Å². The predicted molar refractivity (Wildman–Crippen MR) is 55.2 cm³/mol. The zero-order chi connectivity index (χ0) is 9.10. The minimum absolute atomic E-state index is 0.904. The predicted octanol–water partition coefficient (Wildman–Crippen LogP) is 1.59. The molecule has 0 aliphatic heterocycles. The third-order valence-corrected chi connectivity index (χ3v) is 2.19. The highest BCUT2D eigenvalue weighted by Crippen LogP contribution is 2.05. The number of aromatic nitrogens is 3. The second kappa shape index (κ2) is 3.79. The quantitative estimate of drug-likeness (QED) is 0.750. The Morgan fingerprint density at radius 3 is 3.15 bits per heavy atom. The number of hydrogen-bond donors (Lipinski definition) is 1. The summed E-state index contributed by atoms with van der Waals surface area (Å²) in [7, 11) is 0. The Morgan fingerprint density at radius 2 is 2.38 bits per heavy atom. The van der Waals surface area contributed by atoms with E-state index in [1.165, 1.54) is 0 Å². The zero-order valence-electron chi connectivity index (χ0n) is 7.22. The van der Waals surface area contributed by atoms with Crippen molar-refractivity contribution in [3.63, 3.8) is 0 Å². The summed E-state index contributed by atoms with van der Waals surface area (Å²) in [6.45, 7) is 0. The Bertz CT molecular complexity index is 363. The van der Waals surface area contributed by atoms with Crippen LogP contribution in [-0.2, 0) is 6.42 Å². The van der Waals surface area contributed by atoms with Gasteiger partial charge in [0.15, 0.2) is 5.65 Å². The van der Waals surface area contributed by atoms with Crippen LogP contribution in [-0.4, -0.2) is 20.4 Å². The molecule has 4 heteroatoms. The molecule has 0 radical (unpaired) electrons. The number of aryl methyl sites for hydroxylation is 1. The van der Waals surface area contributed by atoms with E-state index < -0.39 is 0 Å². The van der Waals surface area contributed by atoms with Gasteiger partial charge in [-0.2, -0.15) is 17.7 Å². The van der Waals surface area contributed by atoms with Crippen molar-refractivity contribution in [2.75, 3.05) is 5.75 Å². The van der Waals surface area contributed by atoms with E-state index in [4.69, 9.17) is 0 Å². The maximum atomic E-state index is 4.37. The Balaban J connectivity index is 2.28. The summed E-state index contributed by atoms with van der Waals surface area (Å²) in [5.41, 5.74) is 2.00. The van der Waals surface area contributed by atoms with Crippen LogP contribution in [0.25, 0.3) is 5.65 Å². The van der Waals surface area contributed by atoms with Crippen LogP contribution in [0.15, 0.2) is 24.5 Å². The second-order valence-electron chi connectivity index (χ2n) is 2.89. The van der Waals surface area contributed by atoms with Crippen LogP contribution in [0, 0.1) is 0 Å². The molecule has 0 atom stereocenters. The van der Waals surface area contributed by atoms with Gasteiger partial charge in [-0.15, -0.1) is 0 Å². The molecule has 0 saturated carbocycles. The van der Waals surface area contributed by atoms with E-state index in [1.54, 1.807) is 10.7 Å². The maximum absolute atomic E-state index is 4.37. The molecular weight excluding hydrogens is 182 g/mol. The molecule has 0 spiro atoms. The molecule has 2 rings (SSSR count). The molecule has 0 amide bonds. The van der Waals surface area contributed by atoms with Crippen LogP contribution in [0.1, 0.15) is 12.1 Å². The van der Waals surface area contributed by atoms with E-state index >= 15 is 0 Å². The lowest BCUT2D eigenvalue weighted by molar-refractivity contribution is 0.839. The van der Waals surface area contributed by atoms with Gasteiger partial charge in [0, 0.05) is 18.5 Å². The molecular formula is C9H11N3S. The van der Waals surface area contributed by atoms with Gasteiger partial charge in [0.1, 0.15) is 0 Å². The van der Waals surface area contributed by atoms with Gasteiger partial charge in [-0.1, -0.05) is 0 Å². The monoisotopic (exact) mass is 193 g/mol. The summed E-state index contributed by atoms with van der Waals surface area (Å²) in [5, 5.41) is 4.37. The van der Waals surface area contributed by atoms with Crippen molar-refractivity contribution < 1.29 is 0 Å². The van der Waals surface area contributed by atoms with Gasteiger partial charge in [-0.25, -0.2) is 9.50 Å². The van der Waals surface area contributed by atoms with Gasteiger partial charge in [0.2, 0.25) is 0 Å². The highest BCUT2D eigenvalue weighted by atomic mass is 32.1. The number of rotatable bonds is 3. The van der Waals surface area contributed by atoms with E-state index in [1.807, 2.05) is 18.3 Å². The van der Waals surface area contributed by atoms with Gasteiger partial charge in [0.25, 0.3) is 0 Å². The molecule has 2 aromatic heterocycles. The lowest BCUT2D eigenvalue weighted by atomic mass is 10.2.